The van der Waals surface area contributed by atoms with E-state index in [-0.39, 0.29) is 22.5 Å². The molecule has 0 bridgehead atoms. The lowest BCUT2D eigenvalue weighted by Gasteiger charge is -2.35. The van der Waals surface area contributed by atoms with Gasteiger partial charge in [0, 0.05) is 18.2 Å². The van der Waals surface area contributed by atoms with Crippen molar-refractivity contribution in [3.8, 4) is 0 Å². The zero-order valence-corrected chi connectivity index (χ0v) is 12.1. The van der Waals surface area contributed by atoms with Gasteiger partial charge in [0.1, 0.15) is 10.8 Å². The summed E-state index contributed by atoms with van der Waals surface area (Å²) < 4.78 is 37.1. The highest BCUT2D eigenvalue weighted by Gasteiger charge is 2.29. The smallest absolute Gasteiger partial charge is 0.154 e. The minimum absolute atomic E-state index is 0.0451. The topological polar surface area (TPSA) is 63.4 Å². The second-order valence-electron chi connectivity index (χ2n) is 4.69. The van der Waals surface area contributed by atoms with Crippen LogP contribution in [0, 0.1) is 5.82 Å². The summed E-state index contributed by atoms with van der Waals surface area (Å²) in [5.41, 5.74) is 6.30. The van der Waals surface area contributed by atoms with E-state index >= 15 is 0 Å². The lowest BCUT2D eigenvalue weighted by atomic mass is 10.1. The van der Waals surface area contributed by atoms with Gasteiger partial charge in [0.2, 0.25) is 0 Å². The quantitative estimate of drug-likeness (QED) is 0.828. The number of halogens is 1. The standard InChI is InChI=1S/C12H15FN2O2S2/c1-8-7-19(16,17)5-4-15(8)11-3-2-9(12(14)18)6-10(11)13/h2-3,6,8H,4-5,7H2,1H3,(H2,14,18). The van der Waals surface area contributed by atoms with E-state index in [9.17, 15) is 12.8 Å². The zero-order chi connectivity index (χ0) is 14.2. The molecule has 1 aromatic rings. The van der Waals surface area contributed by atoms with Crippen molar-refractivity contribution in [2.24, 2.45) is 5.73 Å². The van der Waals surface area contributed by atoms with Gasteiger partial charge in [0.25, 0.3) is 0 Å². The first-order valence-electron chi connectivity index (χ1n) is 5.86. The van der Waals surface area contributed by atoms with Crippen molar-refractivity contribution in [2.45, 2.75) is 13.0 Å². The molecule has 19 heavy (non-hydrogen) atoms. The zero-order valence-electron chi connectivity index (χ0n) is 10.5. The fraction of sp³-hybridized carbons (Fsp3) is 0.417. The molecule has 7 heteroatoms. The Labute approximate surface area is 117 Å². The van der Waals surface area contributed by atoms with E-state index < -0.39 is 15.7 Å². The largest absolute Gasteiger partial charge is 0.389 e. The predicted octanol–water partition coefficient (Wildman–Crippen LogP) is 1.08. The molecule has 0 aromatic heterocycles. The summed E-state index contributed by atoms with van der Waals surface area (Å²) in [7, 11) is -3.01. The number of thiocarbonyl (C=S) groups is 1. The Kier molecular flexibility index (Phi) is 3.78. The number of sulfone groups is 1. The molecule has 2 N–H and O–H groups in total. The average molecular weight is 302 g/mol. The molecular formula is C12H15FN2O2S2. The first-order chi connectivity index (χ1) is 8.80. The van der Waals surface area contributed by atoms with E-state index in [0.717, 1.165) is 0 Å². The second-order valence-corrected chi connectivity index (χ2v) is 7.36. The summed E-state index contributed by atoms with van der Waals surface area (Å²) in [6.45, 7) is 2.07. The number of nitrogens with two attached hydrogens (primary N) is 1. The third-order valence-electron chi connectivity index (χ3n) is 3.21. The van der Waals surface area contributed by atoms with E-state index in [1.54, 1.807) is 24.0 Å². The molecule has 1 fully saturated rings. The number of anilines is 1. The van der Waals surface area contributed by atoms with Crippen molar-refractivity contribution in [3.63, 3.8) is 0 Å². The minimum Gasteiger partial charge on any atom is -0.389 e. The van der Waals surface area contributed by atoms with Gasteiger partial charge in [-0.1, -0.05) is 12.2 Å². The van der Waals surface area contributed by atoms with E-state index in [1.165, 1.54) is 6.07 Å². The Morgan fingerprint density at radius 3 is 2.74 bits per heavy atom. The first-order valence-corrected chi connectivity index (χ1v) is 8.09. The monoisotopic (exact) mass is 302 g/mol. The van der Waals surface area contributed by atoms with Crippen molar-refractivity contribution in [1.82, 2.24) is 0 Å². The van der Waals surface area contributed by atoms with E-state index in [0.29, 0.717) is 17.8 Å². The van der Waals surface area contributed by atoms with Crippen LogP contribution in [0.3, 0.4) is 0 Å². The Hall–Kier alpha value is -1.21. The maximum absolute atomic E-state index is 14.1. The third kappa shape index (κ3) is 3.03. The molecule has 4 nitrogen and oxygen atoms in total. The van der Waals surface area contributed by atoms with Crippen LogP contribution >= 0.6 is 12.2 Å². The highest BCUT2D eigenvalue weighted by atomic mass is 32.2. The molecule has 1 saturated heterocycles. The van der Waals surface area contributed by atoms with Gasteiger partial charge in [-0.2, -0.15) is 0 Å². The van der Waals surface area contributed by atoms with Crippen molar-refractivity contribution in [2.75, 3.05) is 23.0 Å². The van der Waals surface area contributed by atoms with Gasteiger partial charge in [-0.15, -0.1) is 0 Å². The molecule has 1 atom stereocenters. The van der Waals surface area contributed by atoms with Gasteiger partial charge in [-0.05, 0) is 25.1 Å². The van der Waals surface area contributed by atoms with Crippen LogP contribution in [0.25, 0.3) is 0 Å². The van der Waals surface area contributed by atoms with Crippen LogP contribution in [-0.4, -0.2) is 37.5 Å². The summed E-state index contributed by atoms with van der Waals surface area (Å²) in [4.78, 5) is 1.90. The lowest BCUT2D eigenvalue weighted by Crippen LogP contribution is -2.47. The molecule has 1 aliphatic rings. The highest BCUT2D eigenvalue weighted by Crippen LogP contribution is 2.25. The molecule has 0 saturated carbocycles. The Morgan fingerprint density at radius 1 is 1.53 bits per heavy atom. The molecule has 0 aliphatic carbocycles. The van der Waals surface area contributed by atoms with E-state index in [1.807, 2.05) is 0 Å². The molecule has 104 valence electrons. The fourth-order valence-corrected chi connectivity index (χ4v) is 3.93. The van der Waals surface area contributed by atoms with Crippen LogP contribution in [0.4, 0.5) is 10.1 Å². The SMILES string of the molecule is CC1CS(=O)(=O)CCN1c1ccc(C(N)=S)cc1F. The first kappa shape index (κ1) is 14.2. The predicted molar refractivity (Wildman–Crippen MR) is 77.7 cm³/mol. The van der Waals surface area contributed by atoms with Crippen molar-refractivity contribution in [1.29, 1.82) is 0 Å². The number of nitrogens with zero attached hydrogens (tertiary/aromatic N) is 1. The van der Waals surface area contributed by atoms with Gasteiger partial charge in [-0.25, -0.2) is 12.8 Å². The lowest BCUT2D eigenvalue weighted by molar-refractivity contribution is 0.559. The number of rotatable bonds is 2. The van der Waals surface area contributed by atoms with Gasteiger partial charge < -0.3 is 10.6 Å². The normalized spacial score (nSPS) is 22.2. The summed E-state index contributed by atoms with van der Waals surface area (Å²) in [5.74, 6) is -0.339. The summed E-state index contributed by atoms with van der Waals surface area (Å²) in [6, 6.07) is 4.28. The molecular weight excluding hydrogens is 287 g/mol. The Bertz CT molecular complexity index is 616. The van der Waals surface area contributed by atoms with Crippen molar-refractivity contribution >= 4 is 32.7 Å². The minimum atomic E-state index is -3.01. The van der Waals surface area contributed by atoms with Crippen LogP contribution in [0.5, 0.6) is 0 Å². The van der Waals surface area contributed by atoms with Crippen LogP contribution in [-0.2, 0) is 9.84 Å². The van der Waals surface area contributed by atoms with Crippen LogP contribution in [0.15, 0.2) is 18.2 Å². The summed E-state index contributed by atoms with van der Waals surface area (Å²) in [6.07, 6.45) is 0. The maximum Gasteiger partial charge on any atom is 0.154 e. The van der Waals surface area contributed by atoms with Crippen LogP contribution < -0.4 is 10.6 Å². The number of hydrogen-bond acceptors (Lipinski definition) is 4. The highest BCUT2D eigenvalue weighted by molar-refractivity contribution is 7.91. The Morgan fingerprint density at radius 2 is 2.21 bits per heavy atom. The molecule has 1 heterocycles. The van der Waals surface area contributed by atoms with E-state index in [2.05, 4.69) is 0 Å². The van der Waals surface area contributed by atoms with Gasteiger partial charge >= 0.3 is 0 Å². The molecule has 0 radical (unpaired) electrons. The second kappa shape index (κ2) is 5.05. The molecule has 1 aromatic carbocycles. The fourth-order valence-electron chi connectivity index (χ4n) is 2.25. The van der Waals surface area contributed by atoms with Crippen molar-refractivity contribution < 1.29 is 12.8 Å². The Balaban J connectivity index is 2.30. The van der Waals surface area contributed by atoms with Crippen LogP contribution in [0.1, 0.15) is 12.5 Å². The van der Waals surface area contributed by atoms with Gasteiger partial charge in [0.05, 0.1) is 17.2 Å². The van der Waals surface area contributed by atoms with Crippen LogP contribution in [0.2, 0.25) is 0 Å². The average Bonchev–Trinajstić information content (AvgIpc) is 2.29. The van der Waals surface area contributed by atoms with Gasteiger partial charge in [-0.3, -0.25) is 0 Å². The molecule has 0 amide bonds. The summed E-state index contributed by atoms with van der Waals surface area (Å²) in [5, 5.41) is 0. The number of benzene rings is 1. The van der Waals surface area contributed by atoms with Gasteiger partial charge in [0.15, 0.2) is 9.84 Å². The number of hydrogen-bond donors (Lipinski definition) is 1. The third-order valence-corrected chi connectivity index (χ3v) is 5.24. The van der Waals surface area contributed by atoms with E-state index in [4.69, 9.17) is 18.0 Å². The molecule has 0 spiro atoms. The molecule has 2 rings (SSSR count). The van der Waals surface area contributed by atoms with Crippen molar-refractivity contribution in [3.05, 3.63) is 29.6 Å². The molecule has 1 aliphatic heterocycles. The molecule has 1 unspecified atom stereocenters. The maximum atomic E-state index is 14.1. The summed E-state index contributed by atoms with van der Waals surface area (Å²) >= 11 is 4.79.